The molecule has 6 heteroatoms. The number of likely N-dealkylation sites (tertiary alicyclic amines) is 1. The predicted molar refractivity (Wildman–Crippen MR) is 70.8 cm³/mol. The highest BCUT2D eigenvalue weighted by Gasteiger charge is 2.39. The SMILES string of the molecule is CC(C)(C)OC(=O)N1CCC2(CC1)CNCC(=O)N2. The van der Waals surface area contributed by atoms with Crippen LogP contribution in [0, 0.1) is 0 Å². The number of ether oxygens (including phenoxy) is 1. The van der Waals surface area contributed by atoms with E-state index in [9.17, 15) is 9.59 Å². The highest BCUT2D eigenvalue weighted by Crippen LogP contribution is 2.24. The maximum absolute atomic E-state index is 12.0. The van der Waals surface area contributed by atoms with E-state index in [2.05, 4.69) is 10.6 Å². The zero-order chi connectivity index (χ0) is 14.1. The average molecular weight is 269 g/mol. The Kier molecular flexibility index (Phi) is 3.71. The number of hydrogen-bond donors (Lipinski definition) is 2. The lowest BCUT2D eigenvalue weighted by atomic mass is 9.86. The van der Waals surface area contributed by atoms with Gasteiger partial charge in [0.2, 0.25) is 5.91 Å². The summed E-state index contributed by atoms with van der Waals surface area (Å²) in [6.07, 6.45) is 1.27. The van der Waals surface area contributed by atoms with Gasteiger partial charge < -0.3 is 20.3 Å². The van der Waals surface area contributed by atoms with Crippen molar-refractivity contribution < 1.29 is 14.3 Å². The monoisotopic (exact) mass is 269 g/mol. The molecule has 2 saturated heterocycles. The number of carbonyl (C=O) groups excluding carboxylic acids is 2. The second-order valence-electron chi connectivity index (χ2n) is 6.40. The number of carbonyl (C=O) groups is 2. The second-order valence-corrected chi connectivity index (χ2v) is 6.40. The molecule has 0 saturated carbocycles. The van der Waals surface area contributed by atoms with Crippen LogP contribution in [0.1, 0.15) is 33.6 Å². The Bertz CT molecular complexity index is 368. The summed E-state index contributed by atoms with van der Waals surface area (Å²) in [6.45, 7) is 8.00. The molecule has 2 rings (SSSR count). The lowest BCUT2D eigenvalue weighted by Crippen LogP contribution is -2.65. The van der Waals surface area contributed by atoms with E-state index in [-0.39, 0.29) is 17.5 Å². The molecule has 0 atom stereocenters. The van der Waals surface area contributed by atoms with Gasteiger partial charge in [-0.2, -0.15) is 0 Å². The van der Waals surface area contributed by atoms with Crippen molar-refractivity contribution in [1.29, 1.82) is 0 Å². The number of piperazine rings is 1. The largest absolute Gasteiger partial charge is 0.444 e. The Hall–Kier alpha value is -1.30. The van der Waals surface area contributed by atoms with Gasteiger partial charge in [0.1, 0.15) is 5.60 Å². The number of nitrogens with zero attached hydrogens (tertiary/aromatic N) is 1. The summed E-state index contributed by atoms with van der Waals surface area (Å²) in [5, 5.41) is 6.19. The van der Waals surface area contributed by atoms with Crippen LogP contribution in [0.5, 0.6) is 0 Å². The summed E-state index contributed by atoms with van der Waals surface area (Å²) >= 11 is 0. The highest BCUT2D eigenvalue weighted by atomic mass is 16.6. The molecule has 108 valence electrons. The summed E-state index contributed by atoms with van der Waals surface area (Å²) in [4.78, 5) is 25.1. The lowest BCUT2D eigenvalue weighted by molar-refractivity contribution is -0.124. The minimum absolute atomic E-state index is 0.0389. The van der Waals surface area contributed by atoms with Crippen molar-refractivity contribution in [2.75, 3.05) is 26.2 Å². The first kappa shape index (κ1) is 14.1. The molecule has 0 unspecified atom stereocenters. The molecule has 0 bridgehead atoms. The fraction of sp³-hybridized carbons (Fsp3) is 0.846. The number of piperidine rings is 1. The van der Waals surface area contributed by atoms with Gasteiger partial charge in [0.05, 0.1) is 12.1 Å². The van der Waals surface area contributed by atoms with Gasteiger partial charge in [-0.25, -0.2) is 4.79 Å². The summed E-state index contributed by atoms with van der Waals surface area (Å²) in [7, 11) is 0. The highest BCUT2D eigenvalue weighted by molar-refractivity contribution is 5.80. The van der Waals surface area contributed by atoms with E-state index in [0.29, 0.717) is 19.6 Å². The van der Waals surface area contributed by atoms with Crippen molar-refractivity contribution in [1.82, 2.24) is 15.5 Å². The smallest absolute Gasteiger partial charge is 0.410 e. The van der Waals surface area contributed by atoms with E-state index in [1.54, 1.807) is 4.90 Å². The van der Waals surface area contributed by atoms with Crippen molar-refractivity contribution in [3.8, 4) is 0 Å². The normalized spacial score (nSPS) is 23.1. The molecule has 6 nitrogen and oxygen atoms in total. The third-order valence-electron chi connectivity index (χ3n) is 3.53. The van der Waals surface area contributed by atoms with Crippen molar-refractivity contribution >= 4 is 12.0 Å². The maximum atomic E-state index is 12.0. The molecule has 0 radical (unpaired) electrons. The molecule has 2 fully saturated rings. The number of nitrogens with one attached hydrogen (secondary N) is 2. The molecule has 1 spiro atoms. The maximum Gasteiger partial charge on any atom is 0.410 e. The second kappa shape index (κ2) is 5.00. The van der Waals surface area contributed by atoms with Crippen LogP contribution in [-0.4, -0.2) is 54.2 Å². The van der Waals surface area contributed by atoms with Gasteiger partial charge in [-0.05, 0) is 33.6 Å². The Balaban J connectivity index is 1.88. The minimum Gasteiger partial charge on any atom is -0.444 e. The standard InChI is InChI=1S/C13H23N3O3/c1-12(2,3)19-11(18)16-6-4-13(5-7-16)9-14-8-10(17)15-13/h14H,4-9H2,1-3H3,(H,15,17). The van der Waals surface area contributed by atoms with Crippen molar-refractivity contribution in [3.63, 3.8) is 0 Å². The Morgan fingerprint density at radius 1 is 1.32 bits per heavy atom. The number of hydrogen-bond acceptors (Lipinski definition) is 4. The quantitative estimate of drug-likeness (QED) is 0.671. The van der Waals surface area contributed by atoms with E-state index in [1.165, 1.54) is 0 Å². The van der Waals surface area contributed by atoms with Crippen LogP contribution in [0.25, 0.3) is 0 Å². The molecule has 0 aromatic carbocycles. The molecule has 2 amide bonds. The molecule has 2 heterocycles. The van der Waals surface area contributed by atoms with Gasteiger partial charge in [0.25, 0.3) is 0 Å². The number of amides is 2. The number of rotatable bonds is 0. The van der Waals surface area contributed by atoms with E-state index in [0.717, 1.165) is 19.4 Å². The summed E-state index contributed by atoms with van der Waals surface area (Å²) in [5.41, 5.74) is -0.652. The summed E-state index contributed by atoms with van der Waals surface area (Å²) < 4.78 is 5.36. The fourth-order valence-electron chi connectivity index (χ4n) is 2.55. The van der Waals surface area contributed by atoms with Gasteiger partial charge in [-0.1, -0.05) is 0 Å². The molecule has 0 aromatic rings. The van der Waals surface area contributed by atoms with Gasteiger partial charge in [0, 0.05) is 19.6 Å². The third-order valence-corrected chi connectivity index (χ3v) is 3.53. The Labute approximate surface area is 113 Å². The van der Waals surface area contributed by atoms with E-state index in [4.69, 9.17) is 4.74 Å². The van der Waals surface area contributed by atoms with Crippen LogP contribution in [0.2, 0.25) is 0 Å². The lowest BCUT2D eigenvalue weighted by Gasteiger charge is -2.44. The zero-order valence-corrected chi connectivity index (χ0v) is 11.9. The van der Waals surface area contributed by atoms with Gasteiger partial charge >= 0.3 is 6.09 Å². The van der Waals surface area contributed by atoms with E-state index in [1.807, 2.05) is 20.8 Å². The van der Waals surface area contributed by atoms with Crippen molar-refractivity contribution in [3.05, 3.63) is 0 Å². The first-order valence-electron chi connectivity index (χ1n) is 6.79. The van der Waals surface area contributed by atoms with Crippen molar-refractivity contribution in [2.45, 2.75) is 44.8 Å². The van der Waals surface area contributed by atoms with Crippen LogP contribution in [0.4, 0.5) is 4.79 Å². The molecular weight excluding hydrogens is 246 g/mol. The molecule has 2 aliphatic rings. The average Bonchev–Trinajstić information content (AvgIpc) is 2.27. The molecule has 19 heavy (non-hydrogen) atoms. The topological polar surface area (TPSA) is 70.7 Å². The van der Waals surface area contributed by atoms with E-state index < -0.39 is 5.60 Å². The predicted octanol–water partition coefficient (Wildman–Crippen LogP) is 0.476. The van der Waals surface area contributed by atoms with Crippen molar-refractivity contribution in [2.24, 2.45) is 0 Å². The zero-order valence-electron chi connectivity index (χ0n) is 11.9. The van der Waals surface area contributed by atoms with E-state index >= 15 is 0 Å². The van der Waals surface area contributed by atoms with Crippen LogP contribution in [-0.2, 0) is 9.53 Å². The third kappa shape index (κ3) is 3.59. The van der Waals surface area contributed by atoms with Gasteiger partial charge in [-0.3, -0.25) is 4.79 Å². The first-order valence-corrected chi connectivity index (χ1v) is 6.79. The molecule has 2 N–H and O–H groups in total. The van der Waals surface area contributed by atoms with Gasteiger partial charge in [0.15, 0.2) is 0 Å². The Morgan fingerprint density at radius 3 is 2.47 bits per heavy atom. The minimum atomic E-state index is -0.465. The van der Waals surface area contributed by atoms with Crippen LogP contribution >= 0.6 is 0 Å². The summed E-state index contributed by atoms with van der Waals surface area (Å²) in [6, 6.07) is 0. The van der Waals surface area contributed by atoms with Crippen LogP contribution in [0.15, 0.2) is 0 Å². The first-order chi connectivity index (χ1) is 8.80. The Morgan fingerprint density at radius 2 is 1.95 bits per heavy atom. The molecule has 0 aliphatic carbocycles. The molecule has 0 aromatic heterocycles. The van der Waals surface area contributed by atoms with Crippen LogP contribution < -0.4 is 10.6 Å². The molecular formula is C13H23N3O3. The summed E-state index contributed by atoms with van der Waals surface area (Å²) in [5.74, 6) is 0.0389. The van der Waals surface area contributed by atoms with Crippen LogP contribution in [0.3, 0.4) is 0 Å². The van der Waals surface area contributed by atoms with Gasteiger partial charge in [-0.15, -0.1) is 0 Å². The molecule has 2 aliphatic heterocycles. The fourth-order valence-corrected chi connectivity index (χ4v) is 2.55.